The number of aromatic nitrogens is 2. The number of halogens is 3. The van der Waals surface area contributed by atoms with Crippen LogP contribution >= 0.6 is 0 Å². The number of carbonyl (C=O) groups excluding carboxylic acids is 1. The number of hydrogen-bond donors (Lipinski definition) is 1. The Morgan fingerprint density at radius 1 is 1.04 bits per heavy atom. The van der Waals surface area contributed by atoms with Gasteiger partial charge >= 0.3 is 0 Å². The van der Waals surface area contributed by atoms with Gasteiger partial charge in [-0.3, -0.25) is 9.78 Å². The van der Waals surface area contributed by atoms with E-state index in [2.05, 4.69) is 15.3 Å². The van der Waals surface area contributed by atoms with Gasteiger partial charge in [0.25, 0.3) is 5.91 Å². The van der Waals surface area contributed by atoms with Crippen LogP contribution in [0, 0.1) is 17.5 Å². The molecular formula is C20H17F3N4O. The van der Waals surface area contributed by atoms with Gasteiger partial charge in [0.2, 0.25) is 0 Å². The molecule has 1 aromatic carbocycles. The molecule has 0 radical (unpaired) electrons. The highest BCUT2D eigenvalue weighted by Gasteiger charge is 2.19. The first-order valence-electron chi connectivity index (χ1n) is 8.46. The van der Waals surface area contributed by atoms with Crippen molar-refractivity contribution in [1.82, 2.24) is 9.97 Å². The van der Waals surface area contributed by atoms with E-state index >= 15 is 0 Å². The smallest absolute Gasteiger partial charge is 0.259 e. The summed E-state index contributed by atoms with van der Waals surface area (Å²) in [4.78, 5) is 22.2. The van der Waals surface area contributed by atoms with E-state index in [4.69, 9.17) is 0 Å². The molecule has 8 heteroatoms. The van der Waals surface area contributed by atoms with Crippen molar-refractivity contribution in [2.24, 2.45) is 0 Å². The van der Waals surface area contributed by atoms with Gasteiger partial charge in [0, 0.05) is 26.0 Å². The fraction of sp³-hybridized carbons (Fsp3) is 0.150. The van der Waals surface area contributed by atoms with Gasteiger partial charge in [-0.25, -0.2) is 18.2 Å². The number of hydrogen-bond acceptors (Lipinski definition) is 4. The lowest BCUT2D eigenvalue weighted by molar-refractivity contribution is 0.102. The van der Waals surface area contributed by atoms with Crippen LogP contribution in [0.25, 0.3) is 0 Å². The summed E-state index contributed by atoms with van der Waals surface area (Å²) in [5, 5.41) is 2.37. The lowest BCUT2D eigenvalue weighted by Gasteiger charge is -2.19. The van der Waals surface area contributed by atoms with E-state index in [-0.39, 0.29) is 5.82 Å². The van der Waals surface area contributed by atoms with E-state index in [0.29, 0.717) is 6.07 Å². The quantitative estimate of drug-likeness (QED) is 0.655. The fourth-order valence-corrected chi connectivity index (χ4v) is 2.55. The summed E-state index contributed by atoms with van der Waals surface area (Å²) >= 11 is 0. The van der Waals surface area contributed by atoms with Gasteiger partial charge in [0.15, 0.2) is 17.5 Å². The highest BCUT2D eigenvalue weighted by molar-refractivity contribution is 6.04. The highest BCUT2D eigenvalue weighted by Crippen LogP contribution is 2.18. The first-order chi connectivity index (χ1) is 13.5. The molecule has 0 unspecified atom stereocenters. The second-order valence-corrected chi connectivity index (χ2v) is 6.11. The molecule has 0 atom stereocenters. The Hall–Kier alpha value is -3.42. The minimum absolute atomic E-state index is 0.167. The Morgan fingerprint density at radius 2 is 1.79 bits per heavy atom. The van der Waals surface area contributed by atoms with Crippen molar-refractivity contribution in [3.05, 3.63) is 83.6 Å². The maximum absolute atomic E-state index is 13.7. The van der Waals surface area contributed by atoms with E-state index in [1.807, 2.05) is 24.1 Å². The Bertz CT molecular complexity index is 965. The number of likely N-dealkylation sites (N-methyl/N-ethyl adjacent to an activating group) is 1. The maximum Gasteiger partial charge on any atom is 0.259 e. The van der Waals surface area contributed by atoms with Gasteiger partial charge in [-0.1, -0.05) is 0 Å². The van der Waals surface area contributed by atoms with E-state index < -0.39 is 28.9 Å². The molecule has 1 amide bonds. The molecule has 0 bridgehead atoms. The van der Waals surface area contributed by atoms with Gasteiger partial charge < -0.3 is 10.2 Å². The number of rotatable bonds is 6. The topological polar surface area (TPSA) is 58.1 Å². The first kappa shape index (κ1) is 19.3. The molecular weight excluding hydrogens is 369 g/mol. The summed E-state index contributed by atoms with van der Waals surface area (Å²) in [5.41, 5.74) is 1.39. The van der Waals surface area contributed by atoms with E-state index in [1.165, 1.54) is 0 Å². The van der Waals surface area contributed by atoms with E-state index in [0.717, 1.165) is 30.3 Å². The van der Waals surface area contributed by atoms with Gasteiger partial charge in [-0.2, -0.15) is 0 Å². The second-order valence-electron chi connectivity index (χ2n) is 6.11. The van der Waals surface area contributed by atoms with E-state index in [9.17, 15) is 18.0 Å². The lowest BCUT2D eigenvalue weighted by atomic mass is 10.2. The van der Waals surface area contributed by atoms with Gasteiger partial charge in [-0.15, -0.1) is 0 Å². The largest absolute Gasteiger partial charge is 0.373 e. The molecule has 0 aliphatic carbocycles. The number of nitrogens with zero attached hydrogens (tertiary/aromatic N) is 3. The van der Waals surface area contributed by atoms with Crippen LogP contribution in [0.2, 0.25) is 0 Å². The molecule has 2 aromatic heterocycles. The number of benzene rings is 1. The Balaban J connectivity index is 1.62. The third-order valence-electron chi connectivity index (χ3n) is 4.20. The predicted octanol–water partition coefficient (Wildman–Crippen LogP) is 3.83. The van der Waals surface area contributed by atoms with Crippen LogP contribution in [-0.2, 0) is 6.42 Å². The minimum Gasteiger partial charge on any atom is -0.373 e. The summed E-state index contributed by atoms with van der Waals surface area (Å²) in [5.74, 6) is -5.33. The Morgan fingerprint density at radius 3 is 2.46 bits per heavy atom. The SMILES string of the molecule is CN(CCc1ccncc1)c1ccc(NC(=O)c2ccc(F)c(F)c2F)nc1. The summed E-state index contributed by atoms with van der Waals surface area (Å²) < 4.78 is 40.0. The molecule has 0 saturated carbocycles. The van der Waals surface area contributed by atoms with Crippen molar-refractivity contribution in [2.45, 2.75) is 6.42 Å². The zero-order chi connectivity index (χ0) is 20.1. The van der Waals surface area contributed by atoms with Crippen molar-refractivity contribution in [1.29, 1.82) is 0 Å². The fourth-order valence-electron chi connectivity index (χ4n) is 2.55. The van der Waals surface area contributed by atoms with Crippen molar-refractivity contribution in [3.63, 3.8) is 0 Å². The number of nitrogens with one attached hydrogen (secondary N) is 1. The molecule has 0 fully saturated rings. The average Bonchev–Trinajstić information content (AvgIpc) is 2.71. The number of pyridine rings is 2. The number of amides is 1. The van der Waals surface area contributed by atoms with Crippen LogP contribution in [-0.4, -0.2) is 29.5 Å². The van der Waals surface area contributed by atoms with Crippen LogP contribution < -0.4 is 10.2 Å². The zero-order valence-electron chi connectivity index (χ0n) is 15.0. The van der Waals surface area contributed by atoms with Crippen LogP contribution in [0.5, 0.6) is 0 Å². The number of carbonyl (C=O) groups is 1. The Kier molecular flexibility index (Phi) is 5.88. The lowest BCUT2D eigenvalue weighted by Crippen LogP contribution is -2.21. The molecule has 5 nitrogen and oxygen atoms in total. The molecule has 144 valence electrons. The number of anilines is 2. The van der Waals surface area contributed by atoms with Crippen molar-refractivity contribution < 1.29 is 18.0 Å². The summed E-state index contributed by atoms with van der Waals surface area (Å²) in [7, 11) is 1.91. The zero-order valence-corrected chi connectivity index (χ0v) is 15.0. The summed E-state index contributed by atoms with van der Waals surface area (Å²) in [6.45, 7) is 0.747. The molecule has 28 heavy (non-hydrogen) atoms. The highest BCUT2D eigenvalue weighted by atomic mass is 19.2. The molecule has 3 rings (SSSR count). The monoisotopic (exact) mass is 386 g/mol. The predicted molar refractivity (Wildman–Crippen MR) is 99.7 cm³/mol. The molecule has 3 aromatic rings. The van der Waals surface area contributed by atoms with Gasteiger partial charge in [0.1, 0.15) is 5.82 Å². The van der Waals surface area contributed by atoms with Crippen LogP contribution in [0.15, 0.2) is 55.0 Å². The second kappa shape index (κ2) is 8.51. The molecule has 0 saturated heterocycles. The van der Waals surface area contributed by atoms with Gasteiger partial charge in [-0.05, 0) is 48.4 Å². The van der Waals surface area contributed by atoms with Gasteiger partial charge in [0.05, 0.1) is 17.4 Å². The third kappa shape index (κ3) is 4.46. The summed E-state index contributed by atoms with van der Waals surface area (Å²) in [6.07, 6.45) is 5.87. The first-order valence-corrected chi connectivity index (χ1v) is 8.46. The maximum atomic E-state index is 13.7. The van der Waals surface area contributed by atoms with Crippen molar-refractivity contribution in [3.8, 4) is 0 Å². The standard InChI is InChI=1S/C20H17F3N4O/c1-27(11-8-13-6-9-24-10-7-13)14-2-5-17(25-12-14)26-20(28)15-3-4-16(21)19(23)18(15)22/h2-7,9-10,12H,8,11H2,1H3,(H,25,26,28). The molecule has 1 N–H and O–H groups in total. The third-order valence-corrected chi connectivity index (χ3v) is 4.20. The molecule has 2 heterocycles. The molecule has 0 aliphatic rings. The van der Waals surface area contributed by atoms with Crippen molar-refractivity contribution >= 4 is 17.4 Å². The van der Waals surface area contributed by atoms with Crippen LogP contribution in [0.1, 0.15) is 15.9 Å². The average molecular weight is 386 g/mol. The van der Waals surface area contributed by atoms with Crippen LogP contribution in [0.4, 0.5) is 24.7 Å². The normalized spacial score (nSPS) is 10.6. The van der Waals surface area contributed by atoms with Crippen molar-refractivity contribution in [2.75, 3.05) is 23.8 Å². The molecule has 0 aliphatic heterocycles. The summed E-state index contributed by atoms with van der Waals surface area (Å²) in [6, 6.07) is 8.76. The minimum atomic E-state index is -1.69. The van der Waals surface area contributed by atoms with Crippen LogP contribution in [0.3, 0.4) is 0 Å². The molecule has 0 spiro atoms. The Labute approximate surface area is 159 Å². The van der Waals surface area contributed by atoms with E-state index in [1.54, 1.807) is 30.7 Å².